The average Bonchev–Trinajstić information content (AvgIpc) is 3.66. The molecule has 0 aromatic heterocycles. The Morgan fingerprint density at radius 1 is 1.07 bits per heavy atom. The molecular weight excluding hydrogens is 516 g/mol. The Kier molecular flexibility index (Phi) is 7.85. The van der Waals surface area contributed by atoms with Crippen molar-refractivity contribution >= 4 is 17.9 Å². The number of rotatable bonds is 2. The minimum absolute atomic E-state index is 0.112. The molecule has 40 heavy (non-hydrogen) atoms. The van der Waals surface area contributed by atoms with Gasteiger partial charge in [0.15, 0.2) is 0 Å². The largest absolute Gasteiger partial charge is 0.462 e. The highest BCUT2D eigenvalue weighted by molar-refractivity contribution is 5.83. The molecule has 0 unspecified atom stereocenters. The Balaban J connectivity index is 1.47. The summed E-state index contributed by atoms with van der Waals surface area (Å²) in [4.78, 5) is 37.6. The third-order valence-electron chi connectivity index (χ3n) is 9.58. The first-order valence-electron chi connectivity index (χ1n) is 14.2. The molecule has 2 saturated heterocycles. The van der Waals surface area contributed by atoms with E-state index in [1.54, 1.807) is 25.2 Å². The Morgan fingerprint density at radius 2 is 1.85 bits per heavy atom. The van der Waals surface area contributed by atoms with E-state index < -0.39 is 52.7 Å². The van der Waals surface area contributed by atoms with E-state index in [4.69, 9.17) is 28.4 Å². The molecule has 2 spiro atoms. The lowest BCUT2D eigenvalue weighted by atomic mass is 9.51. The van der Waals surface area contributed by atoms with Crippen LogP contribution in [0.4, 0.5) is 0 Å². The van der Waals surface area contributed by atoms with E-state index >= 15 is 0 Å². The van der Waals surface area contributed by atoms with Gasteiger partial charge >= 0.3 is 17.9 Å². The third kappa shape index (κ3) is 4.97. The van der Waals surface area contributed by atoms with E-state index in [9.17, 15) is 14.4 Å². The number of allylic oxidation sites excluding steroid dienone is 3. The zero-order chi connectivity index (χ0) is 28.7. The maximum Gasteiger partial charge on any atom is 0.330 e. The average molecular weight is 557 g/mol. The first-order valence-corrected chi connectivity index (χ1v) is 14.2. The van der Waals surface area contributed by atoms with Crippen molar-refractivity contribution in [2.24, 2.45) is 10.8 Å². The van der Waals surface area contributed by atoms with Crippen LogP contribution in [-0.2, 0) is 42.8 Å². The maximum absolute atomic E-state index is 13.2. The van der Waals surface area contributed by atoms with Crippen molar-refractivity contribution in [3.05, 3.63) is 47.6 Å². The van der Waals surface area contributed by atoms with Crippen LogP contribution in [0, 0.1) is 10.8 Å². The lowest BCUT2D eigenvalue weighted by Crippen LogP contribution is -2.66. The van der Waals surface area contributed by atoms with Crippen molar-refractivity contribution in [2.45, 2.75) is 96.4 Å². The van der Waals surface area contributed by atoms with Gasteiger partial charge in [-0.15, -0.1) is 0 Å². The number of cyclic esters (lactones) is 1. The smallest absolute Gasteiger partial charge is 0.330 e. The van der Waals surface area contributed by atoms with Crippen LogP contribution in [0.15, 0.2) is 47.6 Å². The summed E-state index contributed by atoms with van der Waals surface area (Å²) in [5, 5.41) is 0. The highest BCUT2D eigenvalue weighted by Gasteiger charge is 2.83. The summed E-state index contributed by atoms with van der Waals surface area (Å²) >= 11 is 0. The molecule has 5 rings (SSSR count). The topological polar surface area (TPSA) is 110 Å². The lowest BCUT2D eigenvalue weighted by Gasteiger charge is -2.58. The monoisotopic (exact) mass is 556 g/mol. The molecule has 9 nitrogen and oxygen atoms in total. The van der Waals surface area contributed by atoms with Gasteiger partial charge in [-0.1, -0.05) is 42.4 Å². The van der Waals surface area contributed by atoms with Gasteiger partial charge in [0.2, 0.25) is 0 Å². The SMILES string of the molecule is CC(=O)O[C@H](C)[C@H]1/C=C\C=C/C(=O)OC[C@]23CCC(C)=C[C@H]2O[C@@H]2C[C@@H](OC(=O)C=C(C)CCO1)[C@@]3(C)[C@]21CO1. The molecule has 0 aromatic rings. The number of esters is 3. The van der Waals surface area contributed by atoms with Crippen LogP contribution < -0.4 is 0 Å². The van der Waals surface area contributed by atoms with Gasteiger partial charge in [-0.3, -0.25) is 4.79 Å². The van der Waals surface area contributed by atoms with Gasteiger partial charge in [-0.2, -0.15) is 0 Å². The zero-order valence-electron chi connectivity index (χ0n) is 24.0. The van der Waals surface area contributed by atoms with Crippen molar-refractivity contribution in [1.82, 2.24) is 0 Å². The van der Waals surface area contributed by atoms with Crippen molar-refractivity contribution < 1.29 is 42.8 Å². The molecule has 0 aromatic carbocycles. The zero-order valence-corrected chi connectivity index (χ0v) is 24.0. The summed E-state index contributed by atoms with van der Waals surface area (Å²) in [5.41, 5.74) is 0.240. The summed E-state index contributed by atoms with van der Waals surface area (Å²) < 4.78 is 36.1. The molecular formula is C31H40O9. The highest BCUT2D eigenvalue weighted by Crippen LogP contribution is 2.72. The predicted molar refractivity (Wildman–Crippen MR) is 144 cm³/mol. The van der Waals surface area contributed by atoms with Gasteiger partial charge < -0.3 is 28.4 Å². The summed E-state index contributed by atoms with van der Waals surface area (Å²) in [6.07, 6.45) is 10.5. The van der Waals surface area contributed by atoms with E-state index in [1.165, 1.54) is 24.6 Å². The Hall–Kier alpha value is -2.75. The first kappa shape index (κ1) is 28.8. The quantitative estimate of drug-likeness (QED) is 0.216. The molecule has 3 aliphatic heterocycles. The van der Waals surface area contributed by atoms with Crippen molar-refractivity contribution in [3.63, 3.8) is 0 Å². The molecule has 9 heteroatoms. The van der Waals surface area contributed by atoms with Crippen LogP contribution >= 0.6 is 0 Å². The van der Waals surface area contributed by atoms with E-state index in [-0.39, 0.29) is 18.8 Å². The fourth-order valence-corrected chi connectivity index (χ4v) is 7.17. The van der Waals surface area contributed by atoms with E-state index in [0.717, 1.165) is 18.4 Å². The maximum atomic E-state index is 13.2. The van der Waals surface area contributed by atoms with Gasteiger partial charge in [0.05, 0.1) is 30.8 Å². The molecule has 0 N–H and O–H groups in total. The van der Waals surface area contributed by atoms with Crippen molar-refractivity contribution in [1.29, 1.82) is 0 Å². The Labute approximate surface area is 235 Å². The number of carbonyl (C=O) groups excluding carboxylic acids is 3. The Morgan fingerprint density at radius 3 is 2.58 bits per heavy atom. The summed E-state index contributed by atoms with van der Waals surface area (Å²) in [5.74, 6) is -1.33. The van der Waals surface area contributed by atoms with Gasteiger partial charge in [-0.05, 0) is 40.0 Å². The lowest BCUT2D eigenvalue weighted by molar-refractivity contribution is -0.232. The van der Waals surface area contributed by atoms with Crippen LogP contribution in [0.5, 0.6) is 0 Å². The number of ether oxygens (including phenoxy) is 6. The van der Waals surface area contributed by atoms with Crippen LogP contribution in [0.1, 0.15) is 60.3 Å². The summed E-state index contributed by atoms with van der Waals surface area (Å²) in [7, 11) is 0. The third-order valence-corrected chi connectivity index (χ3v) is 9.58. The molecule has 0 radical (unpaired) electrons. The van der Waals surface area contributed by atoms with E-state index in [2.05, 4.69) is 19.9 Å². The van der Waals surface area contributed by atoms with E-state index in [0.29, 0.717) is 26.1 Å². The number of carbonyl (C=O) groups is 3. The second-order valence-corrected chi connectivity index (χ2v) is 12.0. The Bertz CT molecular complexity index is 1160. The van der Waals surface area contributed by atoms with Crippen molar-refractivity contribution in [2.75, 3.05) is 19.8 Å². The van der Waals surface area contributed by atoms with Crippen LogP contribution in [0.2, 0.25) is 0 Å². The molecule has 0 amide bonds. The van der Waals surface area contributed by atoms with Crippen LogP contribution in [0.3, 0.4) is 0 Å². The van der Waals surface area contributed by atoms with Gasteiger partial charge in [0.25, 0.3) is 0 Å². The fourth-order valence-electron chi connectivity index (χ4n) is 7.17. The van der Waals surface area contributed by atoms with E-state index in [1.807, 2.05) is 6.92 Å². The fraction of sp³-hybridized carbons (Fsp3) is 0.645. The molecule has 2 aliphatic carbocycles. The van der Waals surface area contributed by atoms with Gasteiger partial charge in [0.1, 0.15) is 30.5 Å². The van der Waals surface area contributed by atoms with Crippen LogP contribution in [0.25, 0.3) is 0 Å². The minimum Gasteiger partial charge on any atom is -0.462 e. The molecule has 1 saturated carbocycles. The van der Waals surface area contributed by atoms with Gasteiger partial charge in [0, 0.05) is 30.9 Å². The number of hydrogen-bond donors (Lipinski definition) is 0. The van der Waals surface area contributed by atoms with Crippen LogP contribution in [-0.4, -0.2) is 73.8 Å². The minimum atomic E-state index is -0.622. The molecule has 218 valence electrons. The molecule has 2 bridgehead atoms. The molecule has 3 heterocycles. The normalized spacial score (nSPS) is 42.1. The van der Waals surface area contributed by atoms with Gasteiger partial charge in [-0.25, -0.2) is 9.59 Å². The molecule has 5 aliphatic rings. The summed E-state index contributed by atoms with van der Waals surface area (Å²) in [6.45, 7) is 10.1. The second-order valence-electron chi connectivity index (χ2n) is 12.0. The molecule has 8 atom stereocenters. The second kappa shape index (κ2) is 10.9. The predicted octanol–water partition coefficient (Wildman–Crippen LogP) is 3.91. The number of hydrogen-bond acceptors (Lipinski definition) is 9. The molecule has 3 fully saturated rings. The highest BCUT2D eigenvalue weighted by atomic mass is 16.6. The number of epoxide rings is 1. The first-order chi connectivity index (χ1) is 19.0. The summed E-state index contributed by atoms with van der Waals surface area (Å²) in [6, 6.07) is 0. The standard InChI is InChI=1S/C31H40O9/c1-19-10-12-30-17-36-27(33)9-7-6-8-23(21(3)38-22(4)32)35-13-11-20(2)15-28(34)40-24-16-26(39-25(30)14-19)31(18-37-31)29(24,30)5/h6-9,14-15,21,23-26H,10-13,16-18H2,1-5H3/b8-6-,9-7-,20-15?/t21-,23-,24-,25-,26-,29-,30-,31+/m1/s1. The van der Waals surface area contributed by atoms with Crippen molar-refractivity contribution in [3.8, 4) is 0 Å².